The Morgan fingerprint density at radius 2 is 1.73 bits per heavy atom. The van der Waals surface area contributed by atoms with Gasteiger partial charge in [0, 0.05) is 5.56 Å². The summed E-state index contributed by atoms with van der Waals surface area (Å²) in [4.78, 5) is 27.7. The summed E-state index contributed by atoms with van der Waals surface area (Å²) < 4.78 is 5.47. The van der Waals surface area contributed by atoms with E-state index >= 15 is 0 Å². The average Bonchev–Trinajstić information content (AvgIpc) is 2.75. The number of carbonyl (C=O) groups is 1. The van der Waals surface area contributed by atoms with E-state index in [0.717, 1.165) is 41.5 Å². The van der Waals surface area contributed by atoms with Gasteiger partial charge >= 0.3 is 6.09 Å². The SMILES string of the molecule is CC(C)(C)OC(=O)NC1(c2ccc(-c3[nH]c(=O)c(C#N)cc3-c3ccccc3)cc2)CCC1. The first kappa shape index (κ1) is 22.3. The number of alkyl carbamates (subject to hydrolysis) is 1. The number of aromatic amines is 1. The molecular weight excluding hydrogens is 414 g/mol. The van der Waals surface area contributed by atoms with Crippen LogP contribution in [0.15, 0.2) is 65.5 Å². The third-order valence-electron chi connectivity index (χ3n) is 5.92. The molecule has 0 spiro atoms. The zero-order valence-corrected chi connectivity index (χ0v) is 19.1. The molecule has 3 aromatic rings. The highest BCUT2D eigenvalue weighted by atomic mass is 16.6. The molecule has 1 aromatic heterocycles. The second kappa shape index (κ2) is 8.59. The number of carbonyl (C=O) groups excluding carboxylic acids is 1. The lowest BCUT2D eigenvalue weighted by Gasteiger charge is -2.43. The van der Waals surface area contributed by atoms with Crippen molar-refractivity contribution in [3.63, 3.8) is 0 Å². The number of H-pyrrole nitrogens is 1. The summed E-state index contributed by atoms with van der Waals surface area (Å²) in [6.07, 6.45) is 2.29. The maximum atomic E-state index is 12.4. The molecule has 1 saturated carbocycles. The average molecular weight is 442 g/mol. The van der Waals surface area contributed by atoms with E-state index in [4.69, 9.17) is 4.74 Å². The van der Waals surface area contributed by atoms with Gasteiger partial charge in [-0.3, -0.25) is 4.79 Å². The molecular formula is C27H27N3O3. The fourth-order valence-corrected chi connectivity index (χ4v) is 4.16. The fourth-order valence-electron chi connectivity index (χ4n) is 4.16. The van der Waals surface area contributed by atoms with Crippen molar-refractivity contribution in [1.29, 1.82) is 5.26 Å². The fraction of sp³-hybridized carbons (Fsp3) is 0.296. The molecule has 33 heavy (non-hydrogen) atoms. The molecule has 1 fully saturated rings. The summed E-state index contributed by atoms with van der Waals surface area (Å²) in [6.45, 7) is 5.53. The zero-order chi connectivity index (χ0) is 23.6. The van der Waals surface area contributed by atoms with Crippen LogP contribution in [0.25, 0.3) is 22.4 Å². The number of ether oxygens (including phenoxy) is 1. The second-order valence-corrected chi connectivity index (χ2v) is 9.42. The van der Waals surface area contributed by atoms with Gasteiger partial charge in [0.05, 0.1) is 11.2 Å². The van der Waals surface area contributed by atoms with Crippen molar-refractivity contribution in [2.45, 2.75) is 51.2 Å². The van der Waals surface area contributed by atoms with Crippen LogP contribution in [0.5, 0.6) is 0 Å². The van der Waals surface area contributed by atoms with Crippen LogP contribution in [-0.2, 0) is 10.3 Å². The van der Waals surface area contributed by atoms with Crippen molar-refractivity contribution in [2.75, 3.05) is 0 Å². The summed E-state index contributed by atoms with van der Waals surface area (Å²) in [5, 5.41) is 12.4. The van der Waals surface area contributed by atoms with Crippen molar-refractivity contribution >= 4 is 6.09 Å². The van der Waals surface area contributed by atoms with Crippen molar-refractivity contribution in [3.8, 4) is 28.5 Å². The van der Waals surface area contributed by atoms with E-state index < -0.39 is 22.8 Å². The summed E-state index contributed by atoms with van der Waals surface area (Å²) in [6, 6.07) is 21.1. The number of aromatic nitrogens is 1. The molecule has 2 N–H and O–H groups in total. The van der Waals surface area contributed by atoms with Crippen LogP contribution in [0.1, 0.15) is 51.2 Å². The lowest BCUT2D eigenvalue weighted by Crippen LogP contribution is -2.52. The van der Waals surface area contributed by atoms with Crippen molar-refractivity contribution in [2.24, 2.45) is 0 Å². The van der Waals surface area contributed by atoms with Crippen molar-refractivity contribution in [1.82, 2.24) is 10.3 Å². The smallest absolute Gasteiger partial charge is 0.408 e. The molecule has 1 aliphatic rings. The number of benzene rings is 2. The van der Waals surface area contributed by atoms with Gasteiger partial charge in [-0.1, -0.05) is 54.6 Å². The minimum Gasteiger partial charge on any atom is -0.444 e. The van der Waals surface area contributed by atoms with Gasteiger partial charge in [-0.05, 0) is 62.8 Å². The number of pyridine rings is 1. The van der Waals surface area contributed by atoms with Gasteiger partial charge < -0.3 is 15.0 Å². The molecule has 1 amide bonds. The van der Waals surface area contributed by atoms with Crippen LogP contribution >= 0.6 is 0 Å². The Kier molecular flexibility index (Phi) is 5.82. The molecule has 0 atom stereocenters. The number of hydrogen-bond acceptors (Lipinski definition) is 4. The number of nitriles is 1. The molecule has 168 valence electrons. The molecule has 0 saturated heterocycles. The predicted octanol–water partition coefficient (Wildman–Crippen LogP) is 5.48. The van der Waals surface area contributed by atoms with E-state index in [1.165, 1.54) is 0 Å². The third kappa shape index (κ3) is 4.68. The largest absolute Gasteiger partial charge is 0.444 e. The molecule has 6 heteroatoms. The lowest BCUT2D eigenvalue weighted by molar-refractivity contribution is 0.0377. The molecule has 2 aromatic carbocycles. The topological polar surface area (TPSA) is 95.0 Å². The Morgan fingerprint density at radius 3 is 2.27 bits per heavy atom. The van der Waals surface area contributed by atoms with Crippen LogP contribution < -0.4 is 10.9 Å². The van der Waals surface area contributed by atoms with Gasteiger partial charge in [0.1, 0.15) is 17.2 Å². The summed E-state index contributed by atoms with van der Waals surface area (Å²) in [5.74, 6) is 0. The van der Waals surface area contributed by atoms with Crippen LogP contribution in [0.4, 0.5) is 4.79 Å². The standard InChI is InChI=1S/C27H27N3O3/c1-26(2,3)33-25(32)30-27(14-7-15-27)21-12-10-19(11-13-21)23-22(18-8-5-4-6-9-18)16-20(17-28)24(31)29-23/h4-6,8-13,16H,7,14-15H2,1-3H3,(H,29,31)(H,30,32). The molecule has 4 rings (SSSR count). The van der Waals surface area contributed by atoms with Crippen molar-refractivity contribution in [3.05, 3.63) is 82.1 Å². The highest BCUT2D eigenvalue weighted by Gasteiger charge is 2.41. The maximum Gasteiger partial charge on any atom is 0.408 e. The van der Waals surface area contributed by atoms with E-state index in [1.807, 2.05) is 81.4 Å². The van der Waals surface area contributed by atoms with Crippen LogP contribution in [-0.4, -0.2) is 16.7 Å². The monoisotopic (exact) mass is 441 g/mol. The quantitative estimate of drug-likeness (QED) is 0.560. The summed E-state index contributed by atoms with van der Waals surface area (Å²) in [5.41, 5.74) is 2.82. The van der Waals surface area contributed by atoms with Gasteiger partial charge in [-0.2, -0.15) is 5.26 Å². The van der Waals surface area contributed by atoms with E-state index in [2.05, 4.69) is 10.3 Å². The molecule has 0 aliphatic heterocycles. The molecule has 6 nitrogen and oxygen atoms in total. The van der Waals surface area contributed by atoms with Crippen molar-refractivity contribution < 1.29 is 9.53 Å². The Bertz CT molecular complexity index is 1260. The summed E-state index contributed by atoms with van der Waals surface area (Å²) >= 11 is 0. The van der Waals surface area contributed by atoms with Crippen LogP contribution in [0.3, 0.4) is 0 Å². The predicted molar refractivity (Wildman–Crippen MR) is 128 cm³/mol. The van der Waals surface area contributed by atoms with E-state index in [-0.39, 0.29) is 5.56 Å². The first-order valence-corrected chi connectivity index (χ1v) is 11.1. The maximum absolute atomic E-state index is 12.4. The Hall–Kier alpha value is -3.85. The van der Waals surface area contributed by atoms with Crippen LogP contribution in [0, 0.1) is 11.3 Å². The number of hydrogen-bond donors (Lipinski definition) is 2. The third-order valence-corrected chi connectivity index (χ3v) is 5.92. The lowest BCUT2D eigenvalue weighted by atomic mass is 9.71. The van der Waals surface area contributed by atoms with Gasteiger partial charge in [0.2, 0.25) is 0 Å². The number of nitrogens with zero attached hydrogens (tertiary/aromatic N) is 1. The molecule has 1 aliphatic carbocycles. The van der Waals surface area contributed by atoms with E-state index in [0.29, 0.717) is 5.69 Å². The molecule has 0 bridgehead atoms. The van der Waals surface area contributed by atoms with E-state index in [1.54, 1.807) is 6.07 Å². The first-order valence-electron chi connectivity index (χ1n) is 11.1. The molecule has 0 radical (unpaired) electrons. The summed E-state index contributed by atoms with van der Waals surface area (Å²) in [7, 11) is 0. The Labute approximate surface area is 193 Å². The second-order valence-electron chi connectivity index (χ2n) is 9.42. The minimum atomic E-state index is -0.561. The normalized spacial score (nSPS) is 14.6. The first-order chi connectivity index (χ1) is 15.7. The Morgan fingerprint density at radius 1 is 1.06 bits per heavy atom. The number of amides is 1. The number of rotatable bonds is 4. The highest BCUT2D eigenvalue weighted by Crippen LogP contribution is 2.42. The zero-order valence-electron chi connectivity index (χ0n) is 19.1. The van der Waals surface area contributed by atoms with Gasteiger partial charge in [0.25, 0.3) is 5.56 Å². The Balaban J connectivity index is 1.69. The molecule has 0 unspecified atom stereocenters. The highest BCUT2D eigenvalue weighted by molar-refractivity contribution is 5.81. The van der Waals surface area contributed by atoms with Gasteiger partial charge in [-0.15, -0.1) is 0 Å². The van der Waals surface area contributed by atoms with Crippen LogP contribution in [0.2, 0.25) is 0 Å². The van der Waals surface area contributed by atoms with E-state index in [9.17, 15) is 14.9 Å². The molecule has 1 heterocycles. The minimum absolute atomic E-state index is 0.0733. The van der Waals surface area contributed by atoms with Gasteiger partial charge in [-0.25, -0.2) is 4.79 Å². The van der Waals surface area contributed by atoms with Gasteiger partial charge in [0.15, 0.2) is 0 Å². The number of nitrogens with one attached hydrogen (secondary N) is 2.